The molecule has 8 nitrogen and oxygen atoms in total. The zero-order chi connectivity index (χ0) is 19.1. The number of hydrogen-bond donors (Lipinski definition) is 3. The molecule has 0 radical (unpaired) electrons. The van der Waals surface area contributed by atoms with E-state index in [2.05, 4.69) is 25.9 Å². The standard InChI is InChI=1S/C17H23ClN6O2/c1-11-21-15(10-16(22-11)24(2)3)19-7-8-20-17(25)23-12-5-6-14(26-4)13(18)9-12/h5-6,9-10H,7-8H2,1-4H3,(H,19,21,22)(H2,20,23,25). The van der Waals surface area contributed by atoms with Crippen molar-refractivity contribution in [3.63, 3.8) is 0 Å². The number of hydrogen-bond acceptors (Lipinski definition) is 6. The van der Waals surface area contributed by atoms with E-state index in [0.717, 1.165) is 5.82 Å². The van der Waals surface area contributed by atoms with Crippen LogP contribution in [0.15, 0.2) is 24.3 Å². The predicted molar refractivity (Wildman–Crippen MR) is 105 cm³/mol. The number of carbonyl (C=O) groups excluding carboxylic acids is 1. The van der Waals surface area contributed by atoms with E-state index in [1.165, 1.54) is 7.11 Å². The second-order valence-electron chi connectivity index (χ2n) is 5.71. The van der Waals surface area contributed by atoms with Gasteiger partial charge in [0, 0.05) is 38.9 Å². The van der Waals surface area contributed by atoms with Gasteiger partial charge in [-0.2, -0.15) is 0 Å². The van der Waals surface area contributed by atoms with Crippen LogP contribution in [0.3, 0.4) is 0 Å². The highest BCUT2D eigenvalue weighted by atomic mass is 35.5. The van der Waals surface area contributed by atoms with Gasteiger partial charge in [0.2, 0.25) is 0 Å². The van der Waals surface area contributed by atoms with Gasteiger partial charge >= 0.3 is 6.03 Å². The molecule has 9 heteroatoms. The van der Waals surface area contributed by atoms with Crippen molar-refractivity contribution in [1.82, 2.24) is 15.3 Å². The first-order valence-corrected chi connectivity index (χ1v) is 8.42. The maximum absolute atomic E-state index is 11.9. The summed E-state index contributed by atoms with van der Waals surface area (Å²) in [5.41, 5.74) is 0.586. The Morgan fingerprint density at radius 1 is 1.23 bits per heavy atom. The van der Waals surface area contributed by atoms with Crippen LogP contribution in [-0.2, 0) is 0 Å². The summed E-state index contributed by atoms with van der Waals surface area (Å²) in [6, 6.07) is 6.58. The van der Waals surface area contributed by atoms with Crippen molar-refractivity contribution in [2.45, 2.75) is 6.92 Å². The van der Waals surface area contributed by atoms with Crippen LogP contribution in [0.2, 0.25) is 5.02 Å². The minimum absolute atomic E-state index is 0.319. The Morgan fingerprint density at radius 3 is 2.65 bits per heavy atom. The van der Waals surface area contributed by atoms with Crippen LogP contribution in [0.4, 0.5) is 22.1 Å². The number of halogens is 1. The van der Waals surface area contributed by atoms with Gasteiger partial charge in [-0.3, -0.25) is 0 Å². The summed E-state index contributed by atoms with van der Waals surface area (Å²) in [5.74, 6) is 2.77. The Morgan fingerprint density at radius 2 is 2.00 bits per heavy atom. The van der Waals surface area contributed by atoms with Gasteiger partial charge in [-0.1, -0.05) is 11.6 Å². The van der Waals surface area contributed by atoms with E-state index in [-0.39, 0.29) is 6.03 Å². The number of rotatable bonds is 7. The highest BCUT2D eigenvalue weighted by Gasteiger charge is 2.06. The Hall–Kier alpha value is -2.74. The number of carbonyl (C=O) groups is 1. The first kappa shape index (κ1) is 19.6. The summed E-state index contributed by atoms with van der Waals surface area (Å²) < 4.78 is 5.08. The second kappa shape index (κ2) is 9.10. The van der Waals surface area contributed by atoms with Crippen molar-refractivity contribution in [3.8, 4) is 5.75 Å². The Bertz CT molecular complexity index is 769. The van der Waals surface area contributed by atoms with Gasteiger partial charge in [-0.15, -0.1) is 0 Å². The zero-order valence-electron chi connectivity index (χ0n) is 15.3. The van der Waals surface area contributed by atoms with Gasteiger partial charge in [0.25, 0.3) is 0 Å². The number of nitrogens with zero attached hydrogens (tertiary/aromatic N) is 3. The summed E-state index contributed by atoms with van der Waals surface area (Å²) in [7, 11) is 5.38. The van der Waals surface area contributed by atoms with E-state index in [4.69, 9.17) is 16.3 Å². The summed E-state index contributed by atoms with van der Waals surface area (Å²) in [6.45, 7) is 2.79. The number of amides is 2. The van der Waals surface area contributed by atoms with Crippen molar-refractivity contribution in [1.29, 1.82) is 0 Å². The van der Waals surface area contributed by atoms with Gasteiger partial charge < -0.3 is 25.6 Å². The normalized spacial score (nSPS) is 10.2. The molecule has 0 bridgehead atoms. The fourth-order valence-corrected chi connectivity index (χ4v) is 2.42. The first-order chi connectivity index (χ1) is 12.4. The highest BCUT2D eigenvalue weighted by molar-refractivity contribution is 6.32. The van der Waals surface area contributed by atoms with E-state index in [1.807, 2.05) is 32.0 Å². The molecule has 0 spiro atoms. The molecule has 0 aliphatic carbocycles. The largest absolute Gasteiger partial charge is 0.495 e. The van der Waals surface area contributed by atoms with Crippen LogP contribution in [-0.4, -0.2) is 50.3 Å². The van der Waals surface area contributed by atoms with Gasteiger partial charge in [0.05, 0.1) is 12.1 Å². The third-order valence-electron chi connectivity index (χ3n) is 3.41. The molecule has 2 amide bonds. The smallest absolute Gasteiger partial charge is 0.319 e. The topological polar surface area (TPSA) is 91.4 Å². The summed E-state index contributed by atoms with van der Waals surface area (Å²) in [5, 5.41) is 9.08. The third kappa shape index (κ3) is 5.66. The molecule has 3 N–H and O–H groups in total. The molecule has 1 aromatic carbocycles. The van der Waals surface area contributed by atoms with Crippen LogP contribution in [0.5, 0.6) is 5.75 Å². The number of aryl methyl sites for hydroxylation is 1. The summed E-state index contributed by atoms with van der Waals surface area (Å²) in [6.07, 6.45) is 0. The average Bonchev–Trinajstić information content (AvgIpc) is 2.58. The Labute approximate surface area is 157 Å². The predicted octanol–water partition coefficient (Wildman–Crippen LogP) is 2.75. The highest BCUT2D eigenvalue weighted by Crippen LogP contribution is 2.27. The van der Waals surface area contributed by atoms with Gasteiger partial charge in [-0.25, -0.2) is 14.8 Å². The van der Waals surface area contributed by atoms with Crippen molar-refractivity contribution in [2.75, 3.05) is 49.8 Å². The summed E-state index contributed by atoms with van der Waals surface area (Å²) in [4.78, 5) is 22.5. The minimum atomic E-state index is -0.319. The van der Waals surface area contributed by atoms with Crippen LogP contribution in [0, 0.1) is 6.92 Å². The number of anilines is 3. The lowest BCUT2D eigenvalue weighted by molar-refractivity contribution is 0.252. The quantitative estimate of drug-likeness (QED) is 0.642. The van der Waals surface area contributed by atoms with E-state index in [0.29, 0.717) is 41.2 Å². The fourth-order valence-electron chi connectivity index (χ4n) is 2.16. The molecule has 0 atom stereocenters. The Balaban J connectivity index is 1.79. The Kier molecular flexibility index (Phi) is 6.85. The number of aromatic nitrogens is 2. The van der Waals surface area contributed by atoms with Gasteiger partial charge in [0.1, 0.15) is 23.2 Å². The van der Waals surface area contributed by atoms with Crippen LogP contribution in [0.25, 0.3) is 0 Å². The first-order valence-electron chi connectivity index (χ1n) is 8.04. The second-order valence-corrected chi connectivity index (χ2v) is 6.12. The molecule has 2 aromatic rings. The zero-order valence-corrected chi connectivity index (χ0v) is 16.0. The van der Waals surface area contributed by atoms with E-state index in [1.54, 1.807) is 18.2 Å². The number of nitrogens with one attached hydrogen (secondary N) is 3. The molecule has 0 aliphatic heterocycles. The molecule has 140 valence electrons. The molecular formula is C17H23ClN6O2. The van der Waals surface area contributed by atoms with E-state index >= 15 is 0 Å². The monoisotopic (exact) mass is 378 g/mol. The van der Waals surface area contributed by atoms with Crippen molar-refractivity contribution in [3.05, 3.63) is 35.1 Å². The maximum Gasteiger partial charge on any atom is 0.319 e. The molecule has 0 aliphatic rings. The molecule has 0 saturated carbocycles. The summed E-state index contributed by atoms with van der Waals surface area (Å²) >= 11 is 6.03. The lowest BCUT2D eigenvalue weighted by atomic mass is 10.3. The van der Waals surface area contributed by atoms with Crippen LogP contribution in [0.1, 0.15) is 5.82 Å². The number of benzene rings is 1. The van der Waals surface area contributed by atoms with Crippen molar-refractivity contribution in [2.24, 2.45) is 0 Å². The maximum atomic E-state index is 11.9. The molecular weight excluding hydrogens is 356 g/mol. The van der Waals surface area contributed by atoms with Crippen LogP contribution < -0.4 is 25.6 Å². The van der Waals surface area contributed by atoms with E-state index in [9.17, 15) is 4.79 Å². The molecule has 2 rings (SSSR count). The lowest BCUT2D eigenvalue weighted by Crippen LogP contribution is -2.32. The molecule has 0 fully saturated rings. The molecule has 0 unspecified atom stereocenters. The van der Waals surface area contributed by atoms with Crippen molar-refractivity contribution < 1.29 is 9.53 Å². The number of urea groups is 1. The van der Waals surface area contributed by atoms with E-state index < -0.39 is 0 Å². The molecule has 1 heterocycles. The van der Waals surface area contributed by atoms with Crippen molar-refractivity contribution >= 4 is 35.0 Å². The molecule has 0 saturated heterocycles. The SMILES string of the molecule is COc1ccc(NC(=O)NCCNc2cc(N(C)C)nc(C)n2)cc1Cl. The molecule has 26 heavy (non-hydrogen) atoms. The molecule has 1 aromatic heterocycles. The van der Waals surface area contributed by atoms with Gasteiger partial charge in [-0.05, 0) is 25.1 Å². The van der Waals surface area contributed by atoms with Gasteiger partial charge in [0.15, 0.2) is 0 Å². The third-order valence-corrected chi connectivity index (χ3v) is 3.70. The fraction of sp³-hybridized carbons (Fsp3) is 0.353. The van der Waals surface area contributed by atoms with Crippen LogP contribution >= 0.6 is 11.6 Å². The number of methoxy groups -OCH3 is 1. The minimum Gasteiger partial charge on any atom is -0.495 e. The number of ether oxygens (including phenoxy) is 1. The average molecular weight is 379 g/mol. The lowest BCUT2D eigenvalue weighted by Gasteiger charge is -2.14.